The van der Waals surface area contributed by atoms with Gasteiger partial charge in [0.2, 0.25) is 0 Å². The minimum absolute atomic E-state index is 0.589. The molecule has 1 nitrogen and oxygen atoms in total. The molecule has 0 aromatic heterocycles. The van der Waals surface area contributed by atoms with Crippen molar-refractivity contribution in [3.63, 3.8) is 0 Å². The van der Waals surface area contributed by atoms with Gasteiger partial charge in [-0.05, 0) is 37.5 Å². The normalized spacial score (nSPS) is 15.2. The predicted octanol–water partition coefficient (Wildman–Crippen LogP) is 3.46. The average molecular weight is 257 g/mol. The van der Waals surface area contributed by atoms with Crippen LogP contribution in [-0.2, 0) is 6.42 Å². The molecule has 1 rings (SSSR count). The zero-order valence-corrected chi connectivity index (χ0v) is 10.6. The van der Waals surface area contributed by atoms with Gasteiger partial charge in [0.15, 0.2) is 0 Å². The minimum atomic E-state index is -0.589. The lowest BCUT2D eigenvalue weighted by molar-refractivity contribution is 0.0564. The van der Waals surface area contributed by atoms with E-state index in [1.807, 2.05) is 13.8 Å². The molecule has 2 heteroatoms. The average Bonchev–Trinajstić information content (AvgIpc) is 2.11. The first kappa shape index (κ1) is 11.7. The number of halogens is 1. The predicted molar refractivity (Wildman–Crippen MR) is 63.5 cm³/mol. The fraction of sp³-hybridized carbons (Fsp3) is 0.500. The summed E-state index contributed by atoms with van der Waals surface area (Å²) >= 11 is 3.49. The van der Waals surface area contributed by atoms with Crippen LogP contribution in [0.4, 0.5) is 0 Å². The molecule has 0 spiro atoms. The molecule has 0 saturated heterocycles. The van der Waals surface area contributed by atoms with Crippen molar-refractivity contribution in [2.45, 2.75) is 39.2 Å². The highest BCUT2D eigenvalue weighted by molar-refractivity contribution is 9.10. The third kappa shape index (κ3) is 3.10. The molecule has 0 fully saturated rings. The summed E-state index contributed by atoms with van der Waals surface area (Å²) in [7, 11) is 0. The molecule has 0 aliphatic rings. The summed E-state index contributed by atoms with van der Waals surface area (Å²) in [5.74, 6) is 0. The number of aliphatic hydroxyl groups is 1. The number of rotatable bonds is 3. The van der Waals surface area contributed by atoms with Crippen LogP contribution in [0, 0.1) is 6.92 Å². The number of aryl methyl sites for hydroxylation is 1. The standard InChI is InChI=1S/C12H17BrO/c1-4-12(3,14)8-10-6-5-9(2)11(13)7-10/h5-7,14H,4,8H2,1-3H3. The van der Waals surface area contributed by atoms with Crippen molar-refractivity contribution < 1.29 is 5.11 Å². The first-order valence-corrected chi connectivity index (χ1v) is 5.71. The Morgan fingerprint density at radius 3 is 2.57 bits per heavy atom. The van der Waals surface area contributed by atoms with E-state index in [1.54, 1.807) is 0 Å². The number of hydrogen-bond donors (Lipinski definition) is 1. The van der Waals surface area contributed by atoms with Gasteiger partial charge < -0.3 is 5.11 Å². The quantitative estimate of drug-likeness (QED) is 0.879. The lowest BCUT2D eigenvalue weighted by Crippen LogP contribution is -2.25. The maximum atomic E-state index is 9.92. The zero-order chi connectivity index (χ0) is 10.8. The van der Waals surface area contributed by atoms with Crippen molar-refractivity contribution in [1.82, 2.24) is 0 Å². The van der Waals surface area contributed by atoms with E-state index in [-0.39, 0.29) is 0 Å². The molecule has 14 heavy (non-hydrogen) atoms. The largest absolute Gasteiger partial charge is 0.390 e. The van der Waals surface area contributed by atoms with Crippen LogP contribution in [0.25, 0.3) is 0 Å². The first-order valence-electron chi connectivity index (χ1n) is 4.92. The van der Waals surface area contributed by atoms with E-state index in [9.17, 15) is 5.11 Å². The van der Waals surface area contributed by atoms with E-state index in [2.05, 4.69) is 41.1 Å². The van der Waals surface area contributed by atoms with Gasteiger partial charge in [-0.1, -0.05) is 35.0 Å². The van der Waals surface area contributed by atoms with E-state index in [4.69, 9.17) is 0 Å². The minimum Gasteiger partial charge on any atom is -0.390 e. The van der Waals surface area contributed by atoms with E-state index in [0.717, 1.165) is 10.9 Å². The highest BCUT2D eigenvalue weighted by Gasteiger charge is 2.18. The highest BCUT2D eigenvalue weighted by Crippen LogP contribution is 2.22. The van der Waals surface area contributed by atoms with Gasteiger partial charge in [-0.25, -0.2) is 0 Å². The van der Waals surface area contributed by atoms with Gasteiger partial charge in [-0.2, -0.15) is 0 Å². The molecule has 0 radical (unpaired) electrons. The van der Waals surface area contributed by atoms with Crippen molar-refractivity contribution in [3.8, 4) is 0 Å². The van der Waals surface area contributed by atoms with E-state index >= 15 is 0 Å². The third-order valence-electron chi connectivity index (χ3n) is 2.58. The fourth-order valence-corrected chi connectivity index (χ4v) is 1.74. The van der Waals surface area contributed by atoms with Gasteiger partial charge in [0.05, 0.1) is 5.60 Å². The summed E-state index contributed by atoms with van der Waals surface area (Å²) in [6.07, 6.45) is 1.49. The van der Waals surface area contributed by atoms with Crippen LogP contribution in [0.5, 0.6) is 0 Å². The van der Waals surface area contributed by atoms with E-state index in [0.29, 0.717) is 6.42 Å². The summed E-state index contributed by atoms with van der Waals surface area (Å²) in [5.41, 5.74) is 1.81. The van der Waals surface area contributed by atoms with Crippen LogP contribution in [0.1, 0.15) is 31.4 Å². The lowest BCUT2D eigenvalue weighted by Gasteiger charge is -2.21. The van der Waals surface area contributed by atoms with Gasteiger partial charge in [-0.3, -0.25) is 0 Å². The van der Waals surface area contributed by atoms with Crippen LogP contribution in [0.3, 0.4) is 0 Å². The van der Waals surface area contributed by atoms with Crippen molar-refractivity contribution in [2.75, 3.05) is 0 Å². The zero-order valence-electron chi connectivity index (χ0n) is 8.97. The molecule has 0 aliphatic heterocycles. The molecule has 0 bridgehead atoms. The molecule has 0 aliphatic carbocycles. The number of hydrogen-bond acceptors (Lipinski definition) is 1. The fourth-order valence-electron chi connectivity index (χ4n) is 1.31. The summed E-state index contributed by atoms with van der Waals surface area (Å²) in [5, 5.41) is 9.92. The Bertz CT molecular complexity index is 318. The van der Waals surface area contributed by atoms with Crippen LogP contribution in [0.15, 0.2) is 22.7 Å². The van der Waals surface area contributed by atoms with Gasteiger partial charge in [0, 0.05) is 10.9 Å². The summed E-state index contributed by atoms with van der Waals surface area (Å²) in [4.78, 5) is 0. The molecule has 1 N–H and O–H groups in total. The SMILES string of the molecule is CCC(C)(O)Cc1ccc(C)c(Br)c1. The van der Waals surface area contributed by atoms with Crippen LogP contribution >= 0.6 is 15.9 Å². The Labute approximate surface area is 94.3 Å². The second-order valence-corrected chi connectivity index (χ2v) is 4.97. The Balaban J connectivity index is 2.83. The summed E-state index contributed by atoms with van der Waals surface area (Å²) < 4.78 is 1.11. The summed E-state index contributed by atoms with van der Waals surface area (Å²) in [6.45, 7) is 5.94. The molecule has 0 saturated carbocycles. The van der Waals surface area contributed by atoms with Crippen molar-refractivity contribution >= 4 is 15.9 Å². The highest BCUT2D eigenvalue weighted by atomic mass is 79.9. The Hall–Kier alpha value is -0.340. The molecular weight excluding hydrogens is 240 g/mol. The smallest absolute Gasteiger partial charge is 0.0657 e. The second-order valence-electron chi connectivity index (χ2n) is 4.11. The maximum absolute atomic E-state index is 9.92. The van der Waals surface area contributed by atoms with Crippen molar-refractivity contribution in [2.24, 2.45) is 0 Å². The molecule has 1 aromatic carbocycles. The Kier molecular flexibility index (Phi) is 3.73. The van der Waals surface area contributed by atoms with Gasteiger partial charge in [0.1, 0.15) is 0 Å². The van der Waals surface area contributed by atoms with Crippen LogP contribution in [-0.4, -0.2) is 10.7 Å². The van der Waals surface area contributed by atoms with Crippen LogP contribution in [0.2, 0.25) is 0 Å². The molecule has 1 atom stereocenters. The van der Waals surface area contributed by atoms with E-state index in [1.165, 1.54) is 11.1 Å². The monoisotopic (exact) mass is 256 g/mol. The van der Waals surface area contributed by atoms with E-state index < -0.39 is 5.60 Å². The number of benzene rings is 1. The van der Waals surface area contributed by atoms with Gasteiger partial charge in [0.25, 0.3) is 0 Å². The van der Waals surface area contributed by atoms with Crippen molar-refractivity contribution in [3.05, 3.63) is 33.8 Å². The Morgan fingerprint density at radius 2 is 2.07 bits per heavy atom. The maximum Gasteiger partial charge on any atom is 0.0657 e. The Morgan fingerprint density at radius 1 is 1.43 bits per heavy atom. The molecule has 78 valence electrons. The second kappa shape index (κ2) is 4.45. The molecular formula is C12H17BrO. The molecule has 1 aromatic rings. The van der Waals surface area contributed by atoms with Crippen molar-refractivity contribution in [1.29, 1.82) is 0 Å². The molecule has 0 heterocycles. The van der Waals surface area contributed by atoms with Gasteiger partial charge in [-0.15, -0.1) is 0 Å². The molecule has 0 amide bonds. The lowest BCUT2D eigenvalue weighted by atomic mass is 9.94. The topological polar surface area (TPSA) is 20.2 Å². The first-order chi connectivity index (χ1) is 6.44. The molecule has 1 unspecified atom stereocenters. The third-order valence-corrected chi connectivity index (χ3v) is 3.44. The summed E-state index contributed by atoms with van der Waals surface area (Å²) in [6, 6.07) is 6.23. The van der Waals surface area contributed by atoms with Crippen LogP contribution < -0.4 is 0 Å². The van der Waals surface area contributed by atoms with Gasteiger partial charge >= 0.3 is 0 Å².